The third kappa shape index (κ3) is 3.36. The van der Waals surface area contributed by atoms with Crippen molar-refractivity contribution >= 4 is 11.7 Å². The lowest BCUT2D eigenvalue weighted by Crippen LogP contribution is -2.47. The van der Waals surface area contributed by atoms with E-state index in [1.807, 2.05) is 24.3 Å². The van der Waals surface area contributed by atoms with Gasteiger partial charge in [-0.3, -0.25) is 4.90 Å². The maximum atomic E-state index is 12.2. The fourth-order valence-corrected chi connectivity index (χ4v) is 3.53. The smallest absolute Gasteiger partial charge is 0.319 e. The minimum atomic E-state index is -0.110. The Morgan fingerprint density at radius 1 is 1.29 bits per heavy atom. The van der Waals surface area contributed by atoms with Crippen LogP contribution in [0.4, 0.5) is 10.5 Å². The summed E-state index contributed by atoms with van der Waals surface area (Å²) in [6.07, 6.45) is 4.83. The van der Waals surface area contributed by atoms with E-state index >= 15 is 0 Å². The summed E-state index contributed by atoms with van der Waals surface area (Å²) in [7, 11) is 0. The fraction of sp³-hybridized carbons (Fsp3) is 0.562. The Labute approximate surface area is 125 Å². The molecular formula is C16H24N4O. The molecule has 2 unspecified atom stereocenters. The number of carbonyl (C=O) groups is 1. The van der Waals surface area contributed by atoms with E-state index in [0.29, 0.717) is 12.6 Å². The largest absolute Gasteiger partial charge is 0.334 e. The van der Waals surface area contributed by atoms with Gasteiger partial charge in [0, 0.05) is 30.9 Å². The molecule has 2 amide bonds. The predicted octanol–water partition coefficient (Wildman–Crippen LogP) is 1.89. The summed E-state index contributed by atoms with van der Waals surface area (Å²) in [5.74, 6) is 0. The van der Waals surface area contributed by atoms with Gasteiger partial charge in [0.1, 0.15) is 0 Å². The van der Waals surface area contributed by atoms with Crippen LogP contribution in [0.1, 0.15) is 31.2 Å². The second-order valence-corrected chi connectivity index (χ2v) is 6.00. The van der Waals surface area contributed by atoms with Crippen LogP contribution in [0.25, 0.3) is 0 Å². The van der Waals surface area contributed by atoms with Crippen molar-refractivity contribution in [2.45, 2.75) is 44.3 Å². The number of piperidine rings is 1. The van der Waals surface area contributed by atoms with Crippen LogP contribution in [0.5, 0.6) is 0 Å². The van der Waals surface area contributed by atoms with Crippen molar-refractivity contribution < 1.29 is 4.79 Å². The lowest BCUT2D eigenvalue weighted by Gasteiger charge is -2.32. The van der Waals surface area contributed by atoms with Gasteiger partial charge in [-0.1, -0.05) is 18.6 Å². The van der Waals surface area contributed by atoms with Gasteiger partial charge in [-0.25, -0.2) is 4.79 Å². The molecular weight excluding hydrogens is 264 g/mol. The van der Waals surface area contributed by atoms with Crippen molar-refractivity contribution in [2.75, 3.05) is 18.4 Å². The lowest BCUT2D eigenvalue weighted by molar-refractivity contribution is 0.180. The zero-order valence-corrected chi connectivity index (χ0v) is 12.3. The predicted molar refractivity (Wildman–Crippen MR) is 84.1 cm³/mol. The normalized spacial score (nSPS) is 25.4. The van der Waals surface area contributed by atoms with Crippen LogP contribution in [0, 0.1) is 0 Å². The first-order valence-electron chi connectivity index (χ1n) is 7.87. The quantitative estimate of drug-likeness (QED) is 0.795. The number of anilines is 1. The number of nitrogens with two attached hydrogens (primary N) is 1. The van der Waals surface area contributed by atoms with Gasteiger partial charge in [-0.05, 0) is 43.5 Å². The van der Waals surface area contributed by atoms with E-state index in [9.17, 15) is 4.79 Å². The lowest BCUT2D eigenvalue weighted by atomic mass is 9.99. The van der Waals surface area contributed by atoms with E-state index in [1.165, 1.54) is 25.8 Å². The summed E-state index contributed by atoms with van der Waals surface area (Å²) >= 11 is 0. The maximum absolute atomic E-state index is 12.2. The molecule has 0 spiro atoms. The van der Waals surface area contributed by atoms with E-state index in [2.05, 4.69) is 15.5 Å². The molecule has 2 heterocycles. The summed E-state index contributed by atoms with van der Waals surface area (Å²) < 4.78 is 0. The van der Waals surface area contributed by atoms with E-state index in [0.717, 1.165) is 24.2 Å². The molecule has 2 saturated heterocycles. The van der Waals surface area contributed by atoms with Gasteiger partial charge in [0.15, 0.2) is 0 Å². The average molecular weight is 288 g/mol. The van der Waals surface area contributed by atoms with Gasteiger partial charge < -0.3 is 16.4 Å². The molecule has 1 aromatic rings. The van der Waals surface area contributed by atoms with Gasteiger partial charge in [0.05, 0.1) is 0 Å². The Balaban J connectivity index is 1.56. The molecule has 3 rings (SSSR count). The molecule has 1 aromatic carbocycles. The van der Waals surface area contributed by atoms with Crippen molar-refractivity contribution in [3.63, 3.8) is 0 Å². The molecule has 0 saturated carbocycles. The molecule has 4 N–H and O–H groups in total. The molecule has 0 bridgehead atoms. The molecule has 5 heteroatoms. The van der Waals surface area contributed by atoms with Crippen LogP contribution in [-0.2, 0) is 6.54 Å². The molecule has 0 aliphatic carbocycles. The second kappa shape index (κ2) is 6.45. The van der Waals surface area contributed by atoms with E-state index in [-0.39, 0.29) is 12.1 Å². The zero-order valence-electron chi connectivity index (χ0n) is 12.3. The van der Waals surface area contributed by atoms with Crippen LogP contribution in [0.3, 0.4) is 0 Å². The molecule has 2 aliphatic heterocycles. The van der Waals surface area contributed by atoms with Crippen molar-refractivity contribution in [3.8, 4) is 0 Å². The number of urea groups is 1. The van der Waals surface area contributed by atoms with Crippen LogP contribution in [0.15, 0.2) is 24.3 Å². The number of nitrogens with one attached hydrogen (secondary N) is 2. The Hall–Kier alpha value is -1.59. The number of nitrogens with zero attached hydrogens (tertiary/aromatic N) is 1. The molecule has 2 atom stereocenters. The summed E-state index contributed by atoms with van der Waals surface area (Å²) in [6.45, 7) is 2.78. The molecule has 21 heavy (non-hydrogen) atoms. The summed E-state index contributed by atoms with van der Waals surface area (Å²) in [5.41, 5.74) is 7.44. The highest BCUT2D eigenvalue weighted by molar-refractivity contribution is 5.89. The highest BCUT2D eigenvalue weighted by Crippen LogP contribution is 2.27. The average Bonchev–Trinajstić information content (AvgIpc) is 2.91. The standard InChI is InChI=1S/C16H24N4O/c17-11-12-4-3-5-13(10-12)18-16(21)19-14-7-9-20-8-2-1-6-15(14)20/h3-5,10,14-15H,1-2,6-9,11,17H2,(H2,18,19,21). The first kappa shape index (κ1) is 14.4. The highest BCUT2D eigenvalue weighted by Gasteiger charge is 2.36. The van der Waals surface area contributed by atoms with E-state index in [4.69, 9.17) is 5.73 Å². The van der Waals surface area contributed by atoms with Crippen molar-refractivity contribution in [3.05, 3.63) is 29.8 Å². The highest BCUT2D eigenvalue weighted by atomic mass is 16.2. The fourth-order valence-electron chi connectivity index (χ4n) is 3.53. The second-order valence-electron chi connectivity index (χ2n) is 6.00. The molecule has 0 aromatic heterocycles. The third-order valence-electron chi connectivity index (χ3n) is 4.59. The van der Waals surface area contributed by atoms with Gasteiger partial charge in [0.2, 0.25) is 0 Å². The van der Waals surface area contributed by atoms with Crippen molar-refractivity contribution in [1.82, 2.24) is 10.2 Å². The van der Waals surface area contributed by atoms with Crippen LogP contribution < -0.4 is 16.4 Å². The topological polar surface area (TPSA) is 70.4 Å². The van der Waals surface area contributed by atoms with Crippen molar-refractivity contribution in [1.29, 1.82) is 0 Å². The van der Waals surface area contributed by atoms with Gasteiger partial charge >= 0.3 is 6.03 Å². The monoisotopic (exact) mass is 288 g/mol. The number of amides is 2. The summed E-state index contributed by atoms with van der Waals surface area (Å²) in [5, 5.41) is 6.06. The Kier molecular flexibility index (Phi) is 4.41. The Morgan fingerprint density at radius 3 is 3.05 bits per heavy atom. The molecule has 114 valence electrons. The Bertz CT molecular complexity index is 505. The molecule has 0 radical (unpaired) electrons. The molecule has 2 fully saturated rings. The van der Waals surface area contributed by atoms with Crippen LogP contribution >= 0.6 is 0 Å². The van der Waals surface area contributed by atoms with E-state index in [1.54, 1.807) is 0 Å². The van der Waals surface area contributed by atoms with E-state index < -0.39 is 0 Å². The summed E-state index contributed by atoms with van der Waals surface area (Å²) in [4.78, 5) is 14.7. The number of fused-ring (bicyclic) bond motifs is 1. The SMILES string of the molecule is NCc1cccc(NC(=O)NC2CCN3CCCCC23)c1. The van der Waals surface area contributed by atoms with Crippen LogP contribution in [0.2, 0.25) is 0 Å². The molecule has 2 aliphatic rings. The zero-order chi connectivity index (χ0) is 14.7. The minimum absolute atomic E-state index is 0.110. The van der Waals surface area contributed by atoms with Crippen LogP contribution in [-0.4, -0.2) is 36.1 Å². The van der Waals surface area contributed by atoms with Crippen molar-refractivity contribution in [2.24, 2.45) is 5.73 Å². The summed E-state index contributed by atoms with van der Waals surface area (Å²) in [6, 6.07) is 8.38. The van der Waals surface area contributed by atoms with Gasteiger partial charge in [-0.2, -0.15) is 0 Å². The Morgan fingerprint density at radius 2 is 2.19 bits per heavy atom. The number of carbonyl (C=O) groups excluding carboxylic acids is 1. The number of hydrogen-bond acceptors (Lipinski definition) is 3. The first-order valence-corrected chi connectivity index (χ1v) is 7.87. The van der Waals surface area contributed by atoms with Gasteiger partial charge in [0.25, 0.3) is 0 Å². The maximum Gasteiger partial charge on any atom is 0.319 e. The number of hydrogen-bond donors (Lipinski definition) is 3. The number of benzene rings is 1. The first-order chi connectivity index (χ1) is 10.3. The molecule has 5 nitrogen and oxygen atoms in total. The number of rotatable bonds is 3. The third-order valence-corrected chi connectivity index (χ3v) is 4.59. The minimum Gasteiger partial charge on any atom is -0.334 e. The van der Waals surface area contributed by atoms with Gasteiger partial charge in [-0.15, -0.1) is 0 Å².